The average molecular weight is 316 g/mol. The molecule has 2 rings (SSSR count). The van der Waals surface area contributed by atoms with Gasteiger partial charge in [-0.15, -0.1) is 0 Å². The topological polar surface area (TPSA) is 29.4 Å². The summed E-state index contributed by atoms with van der Waals surface area (Å²) in [5, 5.41) is 0. The number of halogens is 1. The first-order chi connectivity index (χ1) is 9.16. The van der Waals surface area contributed by atoms with Crippen molar-refractivity contribution in [3.05, 3.63) is 64.1 Å². The third-order valence-corrected chi connectivity index (χ3v) is 3.62. The van der Waals surface area contributed by atoms with Gasteiger partial charge in [0.2, 0.25) is 0 Å². The van der Waals surface area contributed by atoms with Crippen LogP contribution in [0.15, 0.2) is 58.0 Å². The van der Waals surface area contributed by atoms with Gasteiger partial charge >= 0.3 is 0 Å². The molecular formula is C16H14BrNO. The lowest BCUT2D eigenvalue weighted by molar-refractivity contribution is 0.100. The number of hydrogen-bond donors (Lipinski definition) is 0. The zero-order valence-corrected chi connectivity index (χ0v) is 12.2. The molecule has 0 aliphatic heterocycles. The van der Waals surface area contributed by atoms with Gasteiger partial charge in [-0.2, -0.15) is 0 Å². The van der Waals surface area contributed by atoms with Gasteiger partial charge in [-0.25, -0.2) is 0 Å². The van der Waals surface area contributed by atoms with Gasteiger partial charge in [-0.3, -0.25) is 9.79 Å². The number of aliphatic imine (C=N–C) groups is 1. The summed E-state index contributed by atoms with van der Waals surface area (Å²) in [6, 6.07) is 15.1. The van der Waals surface area contributed by atoms with Crippen molar-refractivity contribution in [3.8, 4) is 0 Å². The van der Waals surface area contributed by atoms with Gasteiger partial charge in [-0.1, -0.05) is 52.3 Å². The van der Waals surface area contributed by atoms with Crippen LogP contribution in [0.5, 0.6) is 0 Å². The molecule has 19 heavy (non-hydrogen) atoms. The van der Waals surface area contributed by atoms with Crippen LogP contribution in [0.4, 0.5) is 5.69 Å². The van der Waals surface area contributed by atoms with Gasteiger partial charge in [0.15, 0.2) is 5.78 Å². The van der Waals surface area contributed by atoms with Gasteiger partial charge in [0.05, 0.1) is 5.69 Å². The molecule has 0 N–H and O–H groups in total. The molecule has 96 valence electrons. The molecule has 2 aromatic rings. The summed E-state index contributed by atoms with van der Waals surface area (Å²) in [7, 11) is 0. The summed E-state index contributed by atoms with van der Waals surface area (Å²) in [6.07, 6.45) is 1.97. The fourth-order valence-corrected chi connectivity index (χ4v) is 2.00. The van der Waals surface area contributed by atoms with E-state index in [0.717, 1.165) is 15.7 Å². The Morgan fingerprint density at radius 2 is 1.95 bits per heavy atom. The number of aryl methyl sites for hydroxylation is 1. The van der Waals surface area contributed by atoms with E-state index >= 15 is 0 Å². The molecule has 2 aromatic carbocycles. The van der Waals surface area contributed by atoms with Crippen LogP contribution in [0, 0.1) is 6.92 Å². The number of carbonyl (C=O) groups is 1. The van der Waals surface area contributed by atoms with E-state index in [0.29, 0.717) is 6.42 Å². The van der Waals surface area contributed by atoms with Crippen LogP contribution >= 0.6 is 15.9 Å². The van der Waals surface area contributed by atoms with E-state index < -0.39 is 0 Å². The molecule has 0 fully saturated rings. The van der Waals surface area contributed by atoms with Crippen LogP contribution in [0.25, 0.3) is 0 Å². The fraction of sp³-hybridized carbons (Fsp3) is 0.125. The van der Waals surface area contributed by atoms with Gasteiger partial charge in [-0.05, 0) is 24.6 Å². The van der Waals surface area contributed by atoms with Crippen molar-refractivity contribution in [2.45, 2.75) is 13.3 Å². The minimum atomic E-state index is 0.0792. The lowest BCUT2D eigenvalue weighted by Gasteiger charge is -1.99. The molecule has 2 nitrogen and oxygen atoms in total. The summed E-state index contributed by atoms with van der Waals surface area (Å²) >= 11 is 3.46. The number of rotatable bonds is 4. The maximum absolute atomic E-state index is 11.9. The normalized spacial score (nSPS) is 10.8. The Morgan fingerprint density at radius 1 is 1.21 bits per heavy atom. The van der Waals surface area contributed by atoms with Crippen molar-refractivity contribution in [3.63, 3.8) is 0 Å². The zero-order chi connectivity index (χ0) is 13.7. The lowest BCUT2D eigenvalue weighted by Crippen LogP contribution is -1.98. The highest BCUT2D eigenvalue weighted by molar-refractivity contribution is 9.10. The molecule has 0 saturated heterocycles. The monoisotopic (exact) mass is 315 g/mol. The van der Waals surface area contributed by atoms with Crippen LogP contribution < -0.4 is 0 Å². The Morgan fingerprint density at radius 3 is 2.63 bits per heavy atom. The zero-order valence-electron chi connectivity index (χ0n) is 10.6. The van der Waals surface area contributed by atoms with Crippen LogP contribution in [0.3, 0.4) is 0 Å². The second kappa shape index (κ2) is 6.43. The summed E-state index contributed by atoms with van der Waals surface area (Å²) < 4.78 is 1.02. The van der Waals surface area contributed by atoms with Gasteiger partial charge < -0.3 is 0 Å². The predicted molar refractivity (Wildman–Crippen MR) is 82.4 cm³/mol. The molecule has 0 aliphatic carbocycles. The van der Waals surface area contributed by atoms with Crippen molar-refractivity contribution in [2.24, 2.45) is 4.99 Å². The standard InChI is InChI=1S/C16H14BrNO/c1-12-7-8-14(11-15(12)17)18-10-9-16(19)13-5-3-2-4-6-13/h2-8,10-11H,9H2,1H3. The highest BCUT2D eigenvalue weighted by Gasteiger charge is 2.02. The SMILES string of the molecule is Cc1ccc(N=CCC(=O)c2ccccc2)cc1Br. The molecule has 3 heteroatoms. The number of carbonyl (C=O) groups excluding carboxylic acids is 1. The van der Waals surface area contributed by atoms with Crippen molar-refractivity contribution in [2.75, 3.05) is 0 Å². The summed E-state index contributed by atoms with van der Waals surface area (Å²) in [6.45, 7) is 2.02. The molecule has 0 aromatic heterocycles. The third-order valence-electron chi connectivity index (χ3n) is 2.77. The molecular weight excluding hydrogens is 302 g/mol. The Bertz CT molecular complexity index is 605. The van der Waals surface area contributed by atoms with E-state index in [4.69, 9.17) is 0 Å². The van der Waals surface area contributed by atoms with E-state index in [2.05, 4.69) is 20.9 Å². The second-order valence-corrected chi connectivity index (χ2v) is 5.09. The van der Waals surface area contributed by atoms with E-state index in [-0.39, 0.29) is 5.78 Å². The first-order valence-corrected chi connectivity index (χ1v) is 6.83. The maximum Gasteiger partial charge on any atom is 0.168 e. The largest absolute Gasteiger partial charge is 0.294 e. The average Bonchev–Trinajstić information content (AvgIpc) is 2.43. The summed E-state index contributed by atoms with van der Waals surface area (Å²) in [5.74, 6) is 0.0792. The first-order valence-electron chi connectivity index (χ1n) is 6.04. The molecule has 0 amide bonds. The first kappa shape index (κ1) is 13.7. The van der Waals surface area contributed by atoms with Crippen LogP contribution in [-0.4, -0.2) is 12.0 Å². The van der Waals surface area contributed by atoms with E-state index in [1.54, 1.807) is 6.21 Å². The van der Waals surface area contributed by atoms with Crippen LogP contribution in [-0.2, 0) is 0 Å². The molecule has 0 bridgehead atoms. The molecule has 0 unspecified atom stereocenters. The Hall–Kier alpha value is -1.74. The Labute approximate surface area is 121 Å². The number of ketones is 1. The fourth-order valence-electron chi connectivity index (χ4n) is 1.64. The lowest BCUT2D eigenvalue weighted by atomic mass is 10.1. The van der Waals surface area contributed by atoms with E-state index in [9.17, 15) is 4.79 Å². The van der Waals surface area contributed by atoms with E-state index in [1.165, 1.54) is 5.56 Å². The summed E-state index contributed by atoms with van der Waals surface area (Å²) in [4.78, 5) is 16.2. The Balaban J connectivity index is 2.00. The van der Waals surface area contributed by atoms with Crippen molar-refractivity contribution in [1.29, 1.82) is 0 Å². The smallest absolute Gasteiger partial charge is 0.168 e. The van der Waals surface area contributed by atoms with Crippen molar-refractivity contribution in [1.82, 2.24) is 0 Å². The molecule has 0 spiro atoms. The number of hydrogen-bond acceptors (Lipinski definition) is 2. The number of Topliss-reactive ketones (excluding diaryl/α,β-unsaturated/α-hetero) is 1. The highest BCUT2D eigenvalue weighted by atomic mass is 79.9. The van der Waals surface area contributed by atoms with Gasteiger partial charge in [0.25, 0.3) is 0 Å². The Kier molecular flexibility index (Phi) is 4.63. The van der Waals surface area contributed by atoms with Crippen molar-refractivity contribution < 1.29 is 4.79 Å². The van der Waals surface area contributed by atoms with Gasteiger partial charge in [0, 0.05) is 22.7 Å². The van der Waals surface area contributed by atoms with Crippen molar-refractivity contribution >= 4 is 33.6 Å². The molecule has 0 radical (unpaired) electrons. The second-order valence-electron chi connectivity index (χ2n) is 4.24. The predicted octanol–water partition coefficient (Wildman–Crippen LogP) is 4.73. The molecule has 0 aliphatic rings. The quantitative estimate of drug-likeness (QED) is 0.592. The van der Waals surface area contributed by atoms with Crippen LogP contribution in [0.1, 0.15) is 22.3 Å². The summed E-state index contributed by atoms with van der Waals surface area (Å²) in [5.41, 5.74) is 2.73. The van der Waals surface area contributed by atoms with E-state index in [1.807, 2.05) is 55.5 Å². The number of benzene rings is 2. The molecule has 0 saturated carbocycles. The minimum absolute atomic E-state index is 0.0792. The minimum Gasteiger partial charge on any atom is -0.294 e. The van der Waals surface area contributed by atoms with Crippen LogP contribution in [0.2, 0.25) is 0 Å². The molecule has 0 atom stereocenters. The molecule has 0 heterocycles. The maximum atomic E-state index is 11.9. The number of nitrogens with zero attached hydrogens (tertiary/aromatic N) is 1. The highest BCUT2D eigenvalue weighted by Crippen LogP contribution is 2.22. The van der Waals surface area contributed by atoms with Gasteiger partial charge in [0.1, 0.15) is 0 Å². The third kappa shape index (κ3) is 3.86.